The summed E-state index contributed by atoms with van der Waals surface area (Å²) in [6.07, 6.45) is 2.98. The number of amides is 1. The molecule has 1 aliphatic heterocycles. The fraction of sp³-hybridized carbons (Fsp3) is 0.300. The van der Waals surface area contributed by atoms with Gasteiger partial charge in [-0.15, -0.1) is 0 Å². The topological polar surface area (TPSA) is 54.6 Å². The van der Waals surface area contributed by atoms with Crippen LogP contribution in [0.2, 0.25) is 0 Å². The Kier molecular flexibility index (Phi) is 4.04. The largest absolute Gasteiger partial charge is 0.461 e. The zero-order valence-corrected chi connectivity index (χ0v) is 15.3. The molecule has 5 heteroatoms. The van der Waals surface area contributed by atoms with E-state index in [1.165, 1.54) is 18.2 Å². The second kappa shape index (κ2) is 6.23. The quantitative estimate of drug-likeness (QED) is 0.799. The Morgan fingerprint density at radius 3 is 2.64 bits per heavy atom. The highest BCUT2D eigenvalue weighted by molar-refractivity contribution is 8.18. The second-order valence-corrected chi connectivity index (χ2v) is 7.81. The van der Waals surface area contributed by atoms with Gasteiger partial charge in [0, 0.05) is 12.0 Å². The maximum Gasteiger partial charge on any atom is 0.264 e. The minimum atomic E-state index is -0.132. The van der Waals surface area contributed by atoms with Crippen LogP contribution in [0.4, 0.5) is 5.69 Å². The molecule has 0 bridgehead atoms. The van der Waals surface area contributed by atoms with E-state index in [0.717, 1.165) is 28.3 Å². The van der Waals surface area contributed by atoms with Crippen molar-refractivity contribution in [3.05, 3.63) is 57.9 Å². The van der Waals surface area contributed by atoms with Crippen molar-refractivity contribution >= 4 is 34.6 Å². The first-order valence-corrected chi connectivity index (χ1v) is 9.28. The van der Waals surface area contributed by atoms with Crippen molar-refractivity contribution in [2.75, 3.05) is 0 Å². The Labute approximate surface area is 151 Å². The molecule has 0 unspecified atom stereocenters. The van der Waals surface area contributed by atoms with Crippen LogP contribution in [0, 0.1) is 19.8 Å². The molecule has 2 heterocycles. The Morgan fingerprint density at radius 2 is 1.96 bits per heavy atom. The summed E-state index contributed by atoms with van der Waals surface area (Å²) in [6.45, 7) is 6.27. The van der Waals surface area contributed by atoms with Gasteiger partial charge in [0.1, 0.15) is 11.5 Å². The third-order valence-electron chi connectivity index (χ3n) is 4.70. The summed E-state index contributed by atoms with van der Waals surface area (Å²) in [5.74, 6) is 2.85. The number of carbonyl (C=O) groups is 1. The Balaban J connectivity index is 1.56. The second-order valence-electron chi connectivity index (χ2n) is 6.78. The van der Waals surface area contributed by atoms with E-state index in [0.29, 0.717) is 21.9 Å². The van der Waals surface area contributed by atoms with E-state index in [1.807, 2.05) is 44.2 Å². The lowest BCUT2D eigenvalue weighted by Gasteiger charge is -2.04. The lowest BCUT2D eigenvalue weighted by atomic mass is 10.1. The number of hydrogen-bond acceptors (Lipinski definition) is 4. The molecular weight excluding hydrogens is 332 g/mol. The molecule has 1 aliphatic carbocycles. The summed E-state index contributed by atoms with van der Waals surface area (Å²) in [4.78, 5) is 17.5. The predicted molar refractivity (Wildman–Crippen MR) is 102 cm³/mol. The lowest BCUT2D eigenvalue weighted by molar-refractivity contribution is -0.115. The molecule has 1 aromatic heterocycles. The number of carbonyl (C=O) groups excluding carboxylic acids is 1. The molecule has 2 aromatic rings. The van der Waals surface area contributed by atoms with Crippen molar-refractivity contribution < 1.29 is 9.21 Å². The zero-order valence-electron chi connectivity index (χ0n) is 14.5. The minimum absolute atomic E-state index is 0.132. The van der Waals surface area contributed by atoms with Gasteiger partial charge in [0.25, 0.3) is 5.91 Å². The highest BCUT2D eigenvalue weighted by Crippen LogP contribution is 2.47. The first-order valence-electron chi connectivity index (χ1n) is 8.47. The summed E-state index contributed by atoms with van der Waals surface area (Å²) >= 11 is 1.35. The number of nitrogens with one attached hydrogen (secondary N) is 1. The fourth-order valence-corrected chi connectivity index (χ4v) is 3.86. The number of para-hydroxylation sites is 1. The number of thioether (sulfide) groups is 1. The number of aliphatic imine (C=N–C) groups is 1. The molecule has 2 aliphatic rings. The Hall–Kier alpha value is -2.27. The molecule has 2 atom stereocenters. The number of amidine groups is 1. The average molecular weight is 352 g/mol. The lowest BCUT2D eigenvalue weighted by Crippen LogP contribution is -2.19. The van der Waals surface area contributed by atoms with Crippen molar-refractivity contribution in [3.63, 3.8) is 0 Å². The van der Waals surface area contributed by atoms with Gasteiger partial charge in [0.2, 0.25) is 0 Å². The van der Waals surface area contributed by atoms with Crippen LogP contribution in [-0.2, 0) is 4.79 Å². The van der Waals surface area contributed by atoms with Crippen LogP contribution in [0.3, 0.4) is 0 Å². The highest BCUT2D eigenvalue weighted by atomic mass is 32.2. The molecule has 1 saturated heterocycles. The predicted octanol–water partition coefficient (Wildman–Crippen LogP) is 4.91. The Bertz CT molecular complexity index is 890. The smallest absolute Gasteiger partial charge is 0.264 e. The van der Waals surface area contributed by atoms with Gasteiger partial charge in [-0.1, -0.05) is 25.1 Å². The number of rotatable bonds is 3. The normalized spacial score (nSPS) is 25.6. The third-order valence-corrected chi connectivity index (χ3v) is 5.61. The average Bonchev–Trinajstić information content (AvgIpc) is 2.97. The highest BCUT2D eigenvalue weighted by Gasteiger charge is 2.36. The van der Waals surface area contributed by atoms with Gasteiger partial charge in [0.15, 0.2) is 5.17 Å². The van der Waals surface area contributed by atoms with Crippen molar-refractivity contribution in [2.45, 2.75) is 33.1 Å². The maximum absolute atomic E-state index is 12.2. The van der Waals surface area contributed by atoms with Crippen LogP contribution in [0.15, 0.2) is 44.6 Å². The van der Waals surface area contributed by atoms with Crippen LogP contribution < -0.4 is 5.32 Å². The standard InChI is InChI=1S/C20H20N2O2S/c1-11-5-4-6-12(2)18(11)21-20-22-19(23)17(25-20)10-14-7-8-16(24-14)15-9-13(15)3/h4-8,10,13,15H,9H2,1-3H3,(H,21,22,23)/b17-10-/t13-,15-/m0/s1. The molecule has 0 radical (unpaired) electrons. The summed E-state index contributed by atoms with van der Waals surface area (Å²) < 4.78 is 5.87. The van der Waals surface area contributed by atoms with E-state index < -0.39 is 0 Å². The van der Waals surface area contributed by atoms with E-state index >= 15 is 0 Å². The van der Waals surface area contributed by atoms with Crippen LogP contribution in [0.5, 0.6) is 0 Å². The van der Waals surface area contributed by atoms with Crippen molar-refractivity contribution in [2.24, 2.45) is 10.9 Å². The summed E-state index contributed by atoms with van der Waals surface area (Å²) in [5.41, 5.74) is 3.09. The summed E-state index contributed by atoms with van der Waals surface area (Å²) in [5, 5.41) is 3.45. The van der Waals surface area contributed by atoms with Crippen LogP contribution in [0.25, 0.3) is 6.08 Å². The van der Waals surface area contributed by atoms with E-state index in [2.05, 4.69) is 17.2 Å². The van der Waals surface area contributed by atoms with E-state index in [4.69, 9.17) is 4.42 Å². The maximum atomic E-state index is 12.2. The fourth-order valence-electron chi connectivity index (χ4n) is 3.06. The molecular formula is C20H20N2O2S. The molecule has 25 heavy (non-hydrogen) atoms. The number of hydrogen-bond donors (Lipinski definition) is 1. The van der Waals surface area contributed by atoms with E-state index in [1.54, 1.807) is 6.08 Å². The number of benzene rings is 1. The third kappa shape index (κ3) is 3.29. The van der Waals surface area contributed by atoms with E-state index in [-0.39, 0.29) is 5.91 Å². The number of nitrogens with zero attached hydrogens (tertiary/aromatic N) is 1. The number of aryl methyl sites for hydroxylation is 2. The molecule has 4 nitrogen and oxygen atoms in total. The van der Waals surface area contributed by atoms with Gasteiger partial charge >= 0.3 is 0 Å². The summed E-state index contributed by atoms with van der Waals surface area (Å²) in [7, 11) is 0. The van der Waals surface area contributed by atoms with Crippen molar-refractivity contribution in [1.82, 2.24) is 5.32 Å². The van der Waals surface area contributed by atoms with Crippen LogP contribution >= 0.6 is 11.8 Å². The van der Waals surface area contributed by atoms with Gasteiger partial charge in [-0.25, -0.2) is 4.99 Å². The SMILES string of the molecule is Cc1cccc(C)c1N=C1NC(=O)/C(=C/c2ccc([C@H]3C[C@@H]3C)o2)S1. The van der Waals surface area contributed by atoms with Gasteiger partial charge in [-0.2, -0.15) is 0 Å². The molecule has 1 amide bonds. The molecule has 1 aromatic carbocycles. The van der Waals surface area contributed by atoms with Gasteiger partial charge < -0.3 is 9.73 Å². The monoisotopic (exact) mass is 352 g/mol. The number of furan rings is 1. The van der Waals surface area contributed by atoms with Gasteiger partial charge in [-0.05, 0) is 61.2 Å². The molecule has 1 N–H and O–H groups in total. The van der Waals surface area contributed by atoms with Crippen LogP contribution in [0.1, 0.15) is 41.9 Å². The molecule has 0 spiro atoms. The first kappa shape index (κ1) is 16.2. The zero-order chi connectivity index (χ0) is 17.6. The molecule has 128 valence electrons. The van der Waals surface area contributed by atoms with Crippen molar-refractivity contribution in [1.29, 1.82) is 0 Å². The molecule has 1 saturated carbocycles. The Morgan fingerprint density at radius 1 is 1.24 bits per heavy atom. The molecule has 4 rings (SSSR count). The minimum Gasteiger partial charge on any atom is -0.461 e. The van der Waals surface area contributed by atoms with Crippen LogP contribution in [-0.4, -0.2) is 11.1 Å². The van der Waals surface area contributed by atoms with E-state index in [9.17, 15) is 4.79 Å². The molecule has 2 fully saturated rings. The van der Waals surface area contributed by atoms with Crippen molar-refractivity contribution in [3.8, 4) is 0 Å². The van der Waals surface area contributed by atoms with Gasteiger partial charge in [-0.3, -0.25) is 4.79 Å². The van der Waals surface area contributed by atoms with Gasteiger partial charge in [0.05, 0.1) is 10.6 Å². The summed E-state index contributed by atoms with van der Waals surface area (Å²) in [6, 6.07) is 10.0. The first-order chi connectivity index (χ1) is 12.0.